The summed E-state index contributed by atoms with van der Waals surface area (Å²) in [7, 11) is 4.19. The van der Waals surface area contributed by atoms with Gasteiger partial charge in [0, 0.05) is 19.1 Å². The van der Waals surface area contributed by atoms with E-state index in [0.29, 0.717) is 17.4 Å². The second-order valence-corrected chi connectivity index (χ2v) is 5.06. The van der Waals surface area contributed by atoms with E-state index in [1.54, 1.807) is 0 Å². The van der Waals surface area contributed by atoms with Crippen LogP contribution in [-0.2, 0) is 0 Å². The van der Waals surface area contributed by atoms with Gasteiger partial charge >= 0.3 is 0 Å². The molecule has 1 fully saturated rings. The number of carbonyl (C=O) groups excluding carboxylic acids is 1. The summed E-state index contributed by atoms with van der Waals surface area (Å²) in [5.41, 5.74) is 0.391. The summed E-state index contributed by atoms with van der Waals surface area (Å²) in [6, 6.07) is 0.596. The highest BCUT2D eigenvalue weighted by atomic mass is 35.5. The van der Waals surface area contributed by atoms with Gasteiger partial charge in [0.1, 0.15) is 17.3 Å². The van der Waals surface area contributed by atoms with E-state index >= 15 is 0 Å². The van der Waals surface area contributed by atoms with Gasteiger partial charge in [0.25, 0.3) is 0 Å². The molecule has 98 valence electrons. The van der Waals surface area contributed by atoms with Crippen LogP contribution in [0.5, 0.6) is 0 Å². The van der Waals surface area contributed by atoms with Gasteiger partial charge in [-0.1, -0.05) is 11.6 Å². The predicted molar refractivity (Wildman–Crippen MR) is 71.4 cm³/mol. The Hall–Kier alpha value is -1.20. The molecule has 0 aliphatic carbocycles. The first kappa shape index (κ1) is 13.2. The highest BCUT2D eigenvalue weighted by Crippen LogP contribution is 2.25. The Labute approximate surface area is 112 Å². The van der Waals surface area contributed by atoms with E-state index in [0.717, 1.165) is 32.2 Å². The zero-order valence-corrected chi connectivity index (χ0v) is 11.4. The summed E-state index contributed by atoms with van der Waals surface area (Å²) in [6.45, 7) is 1.77. The van der Waals surface area contributed by atoms with E-state index in [9.17, 15) is 4.79 Å². The molecule has 0 bridgehead atoms. The van der Waals surface area contributed by atoms with Gasteiger partial charge in [-0.3, -0.25) is 4.79 Å². The first-order chi connectivity index (χ1) is 8.63. The number of rotatable bonds is 3. The quantitative estimate of drug-likeness (QED) is 0.614. The fraction of sp³-hybridized carbons (Fsp3) is 0.583. The lowest BCUT2D eigenvalue weighted by molar-refractivity contribution is 0.112. The molecule has 0 amide bonds. The lowest BCUT2D eigenvalue weighted by atomic mass is 10.0. The summed E-state index contributed by atoms with van der Waals surface area (Å²) in [4.78, 5) is 23.4. The monoisotopic (exact) mass is 268 g/mol. The van der Waals surface area contributed by atoms with Crippen LogP contribution in [0.3, 0.4) is 0 Å². The van der Waals surface area contributed by atoms with Gasteiger partial charge in [-0.15, -0.1) is 0 Å². The smallest absolute Gasteiger partial charge is 0.156 e. The van der Waals surface area contributed by atoms with Crippen LogP contribution in [-0.4, -0.2) is 54.4 Å². The highest BCUT2D eigenvalue weighted by Gasteiger charge is 2.23. The van der Waals surface area contributed by atoms with Gasteiger partial charge < -0.3 is 9.80 Å². The second kappa shape index (κ2) is 5.63. The Kier molecular flexibility index (Phi) is 4.14. The van der Waals surface area contributed by atoms with Crippen molar-refractivity contribution in [1.82, 2.24) is 14.9 Å². The van der Waals surface area contributed by atoms with E-state index in [4.69, 9.17) is 11.6 Å². The number of anilines is 1. The maximum atomic E-state index is 11.1. The van der Waals surface area contributed by atoms with Crippen LogP contribution in [0.1, 0.15) is 23.2 Å². The molecular formula is C12H17ClN4O. The van der Waals surface area contributed by atoms with E-state index in [1.807, 2.05) is 0 Å². The lowest BCUT2D eigenvalue weighted by Gasteiger charge is -2.36. The normalized spacial score (nSPS) is 17.2. The predicted octanol–water partition coefficient (Wildman–Crippen LogP) is 1.47. The first-order valence-electron chi connectivity index (χ1n) is 6.00. The Morgan fingerprint density at radius 3 is 2.61 bits per heavy atom. The number of aromatic nitrogens is 2. The van der Waals surface area contributed by atoms with E-state index in [1.165, 1.54) is 6.33 Å². The third kappa shape index (κ3) is 2.62. The maximum Gasteiger partial charge on any atom is 0.156 e. The minimum absolute atomic E-state index is 0.227. The van der Waals surface area contributed by atoms with Gasteiger partial charge in [0.15, 0.2) is 6.29 Å². The average Bonchev–Trinajstić information content (AvgIpc) is 2.38. The largest absolute Gasteiger partial charge is 0.356 e. The van der Waals surface area contributed by atoms with Crippen LogP contribution < -0.4 is 4.90 Å². The highest BCUT2D eigenvalue weighted by molar-refractivity contribution is 6.32. The molecule has 1 aliphatic rings. The third-order valence-electron chi connectivity index (χ3n) is 3.43. The van der Waals surface area contributed by atoms with Gasteiger partial charge in [0.05, 0.1) is 5.56 Å². The number of carbonyl (C=O) groups is 1. The Morgan fingerprint density at radius 1 is 1.39 bits per heavy atom. The van der Waals surface area contributed by atoms with Crippen molar-refractivity contribution in [3.05, 3.63) is 17.0 Å². The average molecular weight is 269 g/mol. The molecule has 6 heteroatoms. The van der Waals surface area contributed by atoms with Crippen molar-refractivity contribution >= 4 is 23.7 Å². The van der Waals surface area contributed by atoms with E-state index in [-0.39, 0.29) is 5.15 Å². The number of halogens is 1. The molecule has 1 aliphatic heterocycles. The first-order valence-corrected chi connectivity index (χ1v) is 6.38. The fourth-order valence-electron chi connectivity index (χ4n) is 2.31. The summed E-state index contributed by atoms with van der Waals surface area (Å²) >= 11 is 5.91. The topological polar surface area (TPSA) is 49.3 Å². The van der Waals surface area contributed by atoms with Crippen molar-refractivity contribution in [2.45, 2.75) is 18.9 Å². The molecule has 0 unspecified atom stereocenters. The van der Waals surface area contributed by atoms with Gasteiger partial charge in [-0.25, -0.2) is 9.97 Å². The molecular weight excluding hydrogens is 252 g/mol. The van der Waals surface area contributed by atoms with Gasteiger partial charge in [-0.05, 0) is 26.9 Å². The molecule has 1 aromatic rings. The van der Waals surface area contributed by atoms with Crippen LogP contribution in [0.15, 0.2) is 6.33 Å². The van der Waals surface area contributed by atoms with Crippen molar-refractivity contribution in [1.29, 1.82) is 0 Å². The SMILES string of the molecule is CN(C)C1CCN(c2ncnc(Cl)c2C=O)CC1. The summed E-state index contributed by atoms with van der Waals surface area (Å²) < 4.78 is 0. The minimum atomic E-state index is 0.227. The van der Waals surface area contributed by atoms with Gasteiger partial charge in [-0.2, -0.15) is 0 Å². The number of nitrogens with zero attached hydrogens (tertiary/aromatic N) is 4. The number of hydrogen-bond acceptors (Lipinski definition) is 5. The summed E-state index contributed by atoms with van der Waals surface area (Å²) in [6.07, 6.45) is 4.26. The van der Waals surface area contributed by atoms with Crippen molar-refractivity contribution < 1.29 is 4.79 Å². The van der Waals surface area contributed by atoms with Crippen LogP contribution in [0.4, 0.5) is 5.82 Å². The van der Waals surface area contributed by atoms with Crippen LogP contribution in [0, 0.1) is 0 Å². The standard InChI is InChI=1S/C12H17ClN4O/c1-16(2)9-3-5-17(6-4-9)12-10(7-18)11(13)14-8-15-12/h7-9H,3-6H2,1-2H3. The number of piperidine rings is 1. The van der Waals surface area contributed by atoms with Crippen molar-refractivity contribution in [3.8, 4) is 0 Å². The summed E-state index contributed by atoms with van der Waals surface area (Å²) in [5, 5.41) is 0.227. The number of hydrogen-bond donors (Lipinski definition) is 0. The fourth-order valence-corrected chi connectivity index (χ4v) is 2.49. The zero-order chi connectivity index (χ0) is 13.1. The third-order valence-corrected chi connectivity index (χ3v) is 3.73. The van der Waals surface area contributed by atoms with E-state index in [2.05, 4.69) is 33.9 Å². The lowest BCUT2D eigenvalue weighted by Crippen LogP contribution is -2.42. The van der Waals surface area contributed by atoms with Crippen LogP contribution in [0.25, 0.3) is 0 Å². The van der Waals surface area contributed by atoms with Gasteiger partial charge in [0.2, 0.25) is 0 Å². The molecule has 18 heavy (non-hydrogen) atoms. The molecule has 1 saturated heterocycles. The molecule has 2 rings (SSSR count). The molecule has 0 atom stereocenters. The Balaban J connectivity index is 2.15. The van der Waals surface area contributed by atoms with Crippen molar-refractivity contribution in [3.63, 3.8) is 0 Å². The summed E-state index contributed by atoms with van der Waals surface area (Å²) in [5.74, 6) is 0.655. The minimum Gasteiger partial charge on any atom is -0.356 e. The molecule has 0 spiro atoms. The molecule has 0 saturated carbocycles. The molecule has 0 aromatic carbocycles. The number of aldehydes is 1. The van der Waals surface area contributed by atoms with Crippen LogP contribution >= 0.6 is 11.6 Å². The molecule has 5 nitrogen and oxygen atoms in total. The molecule has 2 heterocycles. The maximum absolute atomic E-state index is 11.1. The van der Waals surface area contributed by atoms with Crippen molar-refractivity contribution in [2.75, 3.05) is 32.1 Å². The van der Waals surface area contributed by atoms with Crippen LogP contribution in [0.2, 0.25) is 5.15 Å². The molecule has 0 N–H and O–H groups in total. The molecule has 1 aromatic heterocycles. The Morgan fingerprint density at radius 2 is 2.06 bits per heavy atom. The van der Waals surface area contributed by atoms with Crippen molar-refractivity contribution in [2.24, 2.45) is 0 Å². The second-order valence-electron chi connectivity index (χ2n) is 4.70. The zero-order valence-electron chi connectivity index (χ0n) is 10.6. The molecule has 0 radical (unpaired) electrons. The Bertz CT molecular complexity index is 430. The van der Waals surface area contributed by atoms with E-state index < -0.39 is 0 Å².